The molecule has 0 fully saturated rings. The molecule has 0 saturated carbocycles. The van der Waals surface area contributed by atoms with E-state index in [0.717, 1.165) is 9.13 Å². The SMILES string of the molecule is COc1cc(/C=C/C(=O)Nc2c(N)n(C)c(=O)n(C)c2=O)cc(OC)c1OC. The average molecular weight is 390 g/mol. The Balaban J connectivity index is 2.33. The topological polar surface area (TPSA) is 127 Å². The highest BCUT2D eigenvalue weighted by molar-refractivity contribution is 6.03. The van der Waals surface area contributed by atoms with E-state index in [1.165, 1.54) is 47.6 Å². The van der Waals surface area contributed by atoms with E-state index in [0.29, 0.717) is 22.8 Å². The number of carbonyl (C=O) groups is 1. The van der Waals surface area contributed by atoms with Crippen molar-refractivity contribution in [2.45, 2.75) is 0 Å². The number of nitrogens with two attached hydrogens (primary N) is 1. The largest absolute Gasteiger partial charge is 0.493 e. The van der Waals surface area contributed by atoms with E-state index in [1.54, 1.807) is 12.1 Å². The van der Waals surface area contributed by atoms with E-state index in [1.807, 2.05) is 0 Å². The van der Waals surface area contributed by atoms with Gasteiger partial charge in [0, 0.05) is 20.2 Å². The molecule has 1 aromatic carbocycles. The van der Waals surface area contributed by atoms with E-state index in [2.05, 4.69) is 5.32 Å². The second-order valence-corrected chi connectivity index (χ2v) is 5.75. The maximum Gasteiger partial charge on any atom is 0.332 e. The molecule has 0 bridgehead atoms. The molecule has 0 radical (unpaired) electrons. The molecule has 1 amide bonds. The molecule has 1 aromatic heterocycles. The summed E-state index contributed by atoms with van der Waals surface area (Å²) in [6, 6.07) is 3.31. The first kappa shape index (κ1) is 20.6. The predicted octanol–water partition coefficient (Wildman–Crippen LogP) is 0.344. The Bertz CT molecular complexity index is 1030. The van der Waals surface area contributed by atoms with Gasteiger partial charge in [-0.25, -0.2) is 4.79 Å². The van der Waals surface area contributed by atoms with Gasteiger partial charge in [0.15, 0.2) is 11.5 Å². The van der Waals surface area contributed by atoms with E-state index >= 15 is 0 Å². The molecule has 0 saturated heterocycles. The molecule has 1 heterocycles. The van der Waals surface area contributed by atoms with Gasteiger partial charge in [-0.05, 0) is 23.8 Å². The van der Waals surface area contributed by atoms with Crippen molar-refractivity contribution in [1.82, 2.24) is 9.13 Å². The van der Waals surface area contributed by atoms with Crippen LogP contribution < -0.4 is 36.5 Å². The first-order valence-electron chi connectivity index (χ1n) is 8.09. The van der Waals surface area contributed by atoms with Crippen LogP contribution in [0.5, 0.6) is 17.2 Å². The highest BCUT2D eigenvalue weighted by Crippen LogP contribution is 2.38. The minimum absolute atomic E-state index is 0.136. The third kappa shape index (κ3) is 3.85. The fraction of sp³-hybridized carbons (Fsp3) is 0.278. The van der Waals surface area contributed by atoms with Gasteiger partial charge in [0.05, 0.1) is 21.3 Å². The van der Waals surface area contributed by atoms with Crippen LogP contribution in [0.4, 0.5) is 11.5 Å². The molecule has 28 heavy (non-hydrogen) atoms. The second-order valence-electron chi connectivity index (χ2n) is 5.75. The van der Waals surface area contributed by atoms with Gasteiger partial charge in [0.25, 0.3) is 5.56 Å². The van der Waals surface area contributed by atoms with Crippen LogP contribution in [0.15, 0.2) is 27.8 Å². The quantitative estimate of drug-likeness (QED) is 0.681. The van der Waals surface area contributed by atoms with Crippen LogP contribution in [-0.2, 0) is 18.9 Å². The van der Waals surface area contributed by atoms with Gasteiger partial charge in [-0.3, -0.25) is 18.7 Å². The number of aromatic nitrogens is 2. The van der Waals surface area contributed by atoms with Gasteiger partial charge in [0.1, 0.15) is 11.5 Å². The molecule has 10 nitrogen and oxygen atoms in total. The summed E-state index contributed by atoms with van der Waals surface area (Å²) in [6.07, 6.45) is 2.72. The Labute approximate surface area is 160 Å². The summed E-state index contributed by atoms with van der Waals surface area (Å²) >= 11 is 0. The Hall–Kier alpha value is -3.69. The van der Waals surface area contributed by atoms with Crippen molar-refractivity contribution < 1.29 is 19.0 Å². The second kappa shape index (κ2) is 8.33. The molecular weight excluding hydrogens is 368 g/mol. The molecule has 150 valence electrons. The highest BCUT2D eigenvalue weighted by atomic mass is 16.5. The number of hydrogen-bond acceptors (Lipinski definition) is 7. The van der Waals surface area contributed by atoms with Crippen molar-refractivity contribution in [1.29, 1.82) is 0 Å². The summed E-state index contributed by atoms with van der Waals surface area (Å²) in [4.78, 5) is 36.3. The van der Waals surface area contributed by atoms with Gasteiger partial charge >= 0.3 is 5.69 Å². The molecule has 0 aliphatic carbocycles. The summed E-state index contributed by atoms with van der Waals surface area (Å²) < 4.78 is 17.7. The Morgan fingerprint density at radius 3 is 2.11 bits per heavy atom. The van der Waals surface area contributed by atoms with Crippen LogP contribution in [0.1, 0.15) is 5.56 Å². The van der Waals surface area contributed by atoms with Crippen molar-refractivity contribution in [3.63, 3.8) is 0 Å². The maximum atomic E-state index is 12.3. The normalized spacial score (nSPS) is 10.8. The molecule has 0 atom stereocenters. The Kier molecular flexibility index (Phi) is 6.14. The lowest BCUT2D eigenvalue weighted by atomic mass is 10.1. The van der Waals surface area contributed by atoms with E-state index in [9.17, 15) is 14.4 Å². The van der Waals surface area contributed by atoms with Gasteiger partial charge in [-0.2, -0.15) is 0 Å². The maximum absolute atomic E-state index is 12.3. The number of methoxy groups -OCH3 is 3. The van der Waals surface area contributed by atoms with Gasteiger partial charge in [-0.15, -0.1) is 0 Å². The van der Waals surface area contributed by atoms with Crippen LogP contribution in [0.3, 0.4) is 0 Å². The van der Waals surface area contributed by atoms with E-state index < -0.39 is 17.2 Å². The number of carbonyl (C=O) groups excluding carboxylic acids is 1. The van der Waals surface area contributed by atoms with Crippen LogP contribution in [0, 0.1) is 0 Å². The Morgan fingerprint density at radius 2 is 1.61 bits per heavy atom. The molecule has 0 aliphatic rings. The molecule has 0 unspecified atom stereocenters. The monoisotopic (exact) mass is 390 g/mol. The van der Waals surface area contributed by atoms with Gasteiger partial charge in [-0.1, -0.05) is 0 Å². The van der Waals surface area contributed by atoms with Crippen molar-refractivity contribution in [2.24, 2.45) is 14.1 Å². The van der Waals surface area contributed by atoms with Crippen LogP contribution in [0.2, 0.25) is 0 Å². The lowest BCUT2D eigenvalue weighted by Crippen LogP contribution is -2.40. The highest BCUT2D eigenvalue weighted by Gasteiger charge is 2.15. The smallest absolute Gasteiger partial charge is 0.332 e. The lowest BCUT2D eigenvalue weighted by molar-refractivity contribution is -0.111. The Morgan fingerprint density at radius 1 is 1.04 bits per heavy atom. The summed E-state index contributed by atoms with van der Waals surface area (Å²) in [7, 11) is 7.15. The van der Waals surface area contributed by atoms with Gasteiger partial charge in [0.2, 0.25) is 11.7 Å². The van der Waals surface area contributed by atoms with Crippen molar-refractivity contribution in [2.75, 3.05) is 32.4 Å². The molecule has 2 aromatic rings. The zero-order valence-electron chi connectivity index (χ0n) is 16.2. The summed E-state index contributed by atoms with van der Waals surface area (Å²) in [5, 5.41) is 2.41. The van der Waals surface area contributed by atoms with E-state index in [4.69, 9.17) is 19.9 Å². The predicted molar refractivity (Wildman–Crippen MR) is 105 cm³/mol. The van der Waals surface area contributed by atoms with E-state index in [-0.39, 0.29) is 11.5 Å². The number of benzene rings is 1. The number of nitrogens with zero attached hydrogens (tertiary/aromatic N) is 2. The number of ether oxygens (including phenoxy) is 3. The summed E-state index contributed by atoms with van der Waals surface area (Å²) in [5.74, 6) is 0.545. The third-order valence-electron chi connectivity index (χ3n) is 4.07. The van der Waals surface area contributed by atoms with Crippen LogP contribution >= 0.6 is 0 Å². The summed E-state index contributed by atoms with van der Waals surface area (Å²) in [5.41, 5.74) is 4.92. The number of nitrogens with one attached hydrogen (secondary N) is 1. The zero-order valence-corrected chi connectivity index (χ0v) is 16.2. The fourth-order valence-corrected chi connectivity index (χ4v) is 2.51. The molecule has 0 aliphatic heterocycles. The summed E-state index contributed by atoms with van der Waals surface area (Å²) in [6.45, 7) is 0. The molecular formula is C18H22N4O6. The van der Waals surface area contributed by atoms with Crippen molar-refractivity contribution >= 4 is 23.5 Å². The first-order valence-corrected chi connectivity index (χ1v) is 8.09. The number of rotatable bonds is 6. The fourth-order valence-electron chi connectivity index (χ4n) is 2.51. The van der Waals surface area contributed by atoms with Crippen molar-refractivity contribution in [3.05, 3.63) is 44.6 Å². The minimum Gasteiger partial charge on any atom is -0.493 e. The number of amides is 1. The molecule has 10 heteroatoms. The third-order valence-corrected chi connectivity index (χ3v) is 4.07. The molecule has 3 N–H and O–H groups in total. The van der Waals surface area contributed by atoms with Gasteiger partial charge < -0.3 is 25.3 Å². The number of anilines is 2. The number of hydrogen-bond donors (Lipinski definition) is 2. The van der Waals surface area contributed by atoms with Crippen molar-refractivity contribution in [3.8, 4) is 17.2 Å². The number of nitrogen functional groups attached to an aromatic ring is 1. The van der Waals surface area contributed by atoms with Crippen LogP contribution in [0.25, 0.3) is 6.08 Å². The minimum atomic E-state index is -0.699. The first-order chi connectivity index (χ1) is 13.2. The molecule has 2 rings (SSSR count). The average Bonchev–Trinajstić information content (AvgIpc) is 2.71. The van der Waals surface area contributed by atoms with Crippen LogP contribution in [-0.4, -0.2) is 36.4 Å². The standard InChI is InChI=1S/C18H22N4O6/c1-21-16(19)14(17(24)22(2)18(21)25)20-13(23)7-6-10-8-11(26-3)15(28-5)12(9-10)27-4/h6-9H,19H2,1-5H3,(H,20,23)/b7-6+. The zero-order chi connectivity index (χ0) is 21.0. The molecule has 0 spiro atoms. The lowest BCUT2D eigenvalue weighted by Gasteiger charge is -2.13.